The molecule has 1 saturated carbocycles. The predicted molar refractivity (Wildman–Crippen MR) is 74.6 cm³/mol. The summed E-state index contributed by atoms with van der Waals surface area (Å²) in [5, 5.41) is 8.70. The number of hydrogen-bond acceptors (Lipinski definition) is 2. The van der Waals surface area contributed by atoms with Crippen LogP contribution in [-0.2, 0) is 11.0 Å². The summed E-state index contributed by atoms with van der Waals surface area (Å²) in [4.78, 5) is 0. The summed E-state index contributed by atoms with van der Waals surface area (Å²) in [5.41, 5.74) is 0.351. The van der Waals surface area contributed by atoms with Crippen LogP contribution in [0.15, 0.2) is 6.33 Å². The topological polar surface area (TPSA) is 30.7 Å². The highest BCUT2D eigenvalue weighted by Crippen LogP contribution is 2.45. The summed E-state index contributed by atoms with van der Waals surface area (Å²) in [7, 11) is 0. The molecule has 18 heavy (non-hydrogen) atoms. The lowest BCUT2D eigenvalue weighted by Gasteiger charge is -2.34. The monoisotopic (exact) mass is 249 g/mol. The van der Waals surface area contributed by atoms with Crippen molar-refractivity contribution in [2.75, 3.05) is 0 Å². The van der Waals surface area contributed by atoms with Crippen molar-refractivity contribution in [1.29, 1.82) is 0 Å². The van der Waals surface area contributed by atoms with E-state index >= 15 is 0 Å². The molecule has 0 amide bonds. The molecule has 0 saturated heterocycles. The number of aromatic nitrogens is 3. The molecule has 0 atom stereocenters. The Bertz CT molecular complexity index is 392. The predicted octanol–water partition coefficient (Wildman–Crippen LogP) is 3.89. The molecule has 0 N–H and O–H groups in total. The van der Waals surface area contributed by atoms with E-state index in [1.165, 1.54) is 37.9 Å². The second kappa shape index (κ2) is 4.67. The molecule has 0 bridgehead atoms. The third-order valence-corrected chi connectivity index (χ3v) is 4.10. The van der Waals surface area contributed by atoms with E-state index in [0.29, 0.717) is 5.92 Å². The summed E-state index contributed by atoms with van der Waals surface area (Å²) >= 11 is 0. The zero-order valence-electron chi connectivity index (χ0n) is 12.5. The van der Waals surface area contributed by atoms with E-state index in [1.54, 1.807) is 0 Å². The van der Waals surface area contributed by atoms with Gasteiger partial charge in [-0.25, -0.2) is 0 Å². The molecular formula is C15H27N3. The van der Waals surface area contributed by atoms with Crippen LogP contribution in [0.1, 0.15) is 72.5 Å². The van der Waals surface area contributed by atoms with E-state index in [1.807, 2.05) is 6.33 Å². The van der Waals surface area contributed by atoms with Crippen LogP contribution in [0.3, 0.4) is 0 Å². The van der Waals surface area contributed by atoms with Gasteiger partial charge in [-0.05, 0) is 46.0 Å². The molecule has 1 aromatic heterocycles. The molecule has 0 unspecified atom stereocenters. The van der Waals surface area contributed by atoms with Crippen LogP contribution >= 0.6 is 0 Å². The Morgan fingerprint density at radius 2 is 1.89 bits per heavy atom. The van der Waals surface area contributed by atoms with E-state index in [2.05, 4.69) is 49.4 Å². The normalized spacial score (nSPS) is 19.7. The van der Waals surface area contributed by atoms with Crippen LogP contribution in [0, 0.1) is 5.92 Å². The average molecular weight is 249 g/mol. The molecule has 1 aliphatic carbocycles. The van der Waals surface area contributed by atoms with Gasteiger partial charge in [0.25, 0.3) is 0 Å². The lowest BCUT2D eigenvalue weighted by Crippen LogP contribution is -2.34. The van der Waals surface area contributed by atoms with Gasteiger partial charge < -0.3 is 4.57 Å². The van der Waals surface area contributed by atoms with E-state index in [4.69, 9.17) is 0 Å². The summed E-state index contributed by atoms with van der Waals surface area (Å²) < 4.78 is 2.29. The second-order valence-electron chi connectivity index (χ2n) is 7.28. The van der Waals surface area contributed by atoms with E-state index in [0.717, 1.165) is 0 Å². The zero-order valence-corrected chi connectivity index (χ0v) is 12.5. The first-order valence-electron chi connectivity index (χ1n) is 7.26. The van der Waals surface area contributed by atoms with Crippen LogP contribution in [0.2, 0.25) is 0 Å². The van der Waals surface area contributed by atoms with Crippen LogP contribution in [0.4, 0.5) is 0 Å². The minimum atomic E-state index is 0.0748. The minimum Gasteiger partial charge on any atom is -0.312 e. The Labute approximate surface area is 111 Å². The van der Waals surface area contributed by atoms with Crippen molar-refractivity contribution in [3.8, 4) is 0 Å². The average Bonchev–Trinajstić information content (AvgIpc) is 2.81. The van der Waals surface area contributed by atoms with E-state index < -0.39 is 0 Å². The maximum Gasteiger partial charge on any atom is 0.139 e. The van der Waals surface area contributed by atoms with Gasteiger partial charge in [-0.2, -0.15) is 0 Å². The van der Waals surface area contributed by atoms with Gasteiger partial charge in [-0.3, -0.25) is 0 Å². The Kier molecular flexibility index (Phi) is 3.52. The van der Waals surface area contributed by atoms with E-state index in [9.17, 15) is 0 Å². The van der Waals surface area contributed by atoms with Crippen molar-refractivity contribution in [2.45, 2.75) is 77.7 Å². The third kappa shape index (κ3) is 2.45. The molecule has 3 heteroatoms. The fourth-order valence-electron chi connectivity index (χ4n) is 3.44. The van der Waals surface area contributed by atoms with Crippen LogP contribution < -0.4 is 0 Å². The minimum absolute atomic E-state index is 0.0748. The van der Waals surface area contributed by atoms with Crippen molar-refractivity contribution in [2.24, 2.45) is 5.92 Å². The largest absolute Gasteiger partial charge is 0.312 e. The Morgan fingerprint density at radius 1 is 1.28 bits per heavy atom. The summed E-state index contributed by atoms with van der Waals surface area (Å²) in [5.74, 6) is 1.94. The molecule has 0 aromatic carbocycles. The van der Waals surface area contributed by atoms with Gasteiger partial charge >= 0.3 is 0 Å². The zero-order chi connectivity index (χ0) is 13.4. The lowest BCUT2D eigenvalue weighted by molar-refractivity contribution is 0.283. The lowest BCUT2D eigenvalue weighted by atomic mass is 9.77. The van der Waals surface area contributed by atoms with Crippen LogP contribution in [0.5, 0.6) is 0 Å². The molecule has 2 rings (SSSR count). The number of hydrogen-bond donors (Lipinski definition) is 0. The molecule has 0 radical (unpaired) electrons. The van der Waals surface area contributed by atoms with Gasteiger partial charge in [0.05, 0.1) is 0 Å². The number of rotatable bonds is 3. The highest BCUT2D eigenvalue weighted by molar-refractivity contribution is 5.13. The van der Waals surface area contributed by atoms with E-state index in [-0.39, 0.29) is 11.0 Å². The SMILES string of the molecule is CC(C)CC1(c2nncn2C(C)(C)C)CCCC1. The van der Waals surface area contributed by atoms with Crippen LogP contribution in [0.25, 0.3) is 0 Å². The van der Waals surface area contributed by atoms with Gasteiger partial charge in [0.1, 0.15) is 12.2 Å². The van der Waals surface area contributed by atoms with Crippen molar-refractivity contribution in [3.05, 3.63) is 12.2 Å². The quantitative estimate of drug-likeness (QED) is 0.813. The molecule has 1 aromatic rings. The second-order valence-corrected chi connectivity index (χ2v) is 7.28. The molecule has 1 fully saturated rings. The summed E-state index contributed by atoms with van der Waals surface area (Å²) in [6.07, 6.45) is 8.38. The first-order chi connectivity index (χ1) is 8.35. The maximum atomic E-state index is 4.50. The summed E-state index contributed by atoms with van der Waals surface area (Å²) in [6.45, 7) is 11.3. The Morgan fingerprint density at radius 3 is 2.39 bits per heavy atom. The molecule has 102 valence electrons. The van der Waals surface area contributed by atoms with Gasteiger partial charge in [0.2, 0.25) is 0 Å². The van der Waals surface area contributed by atoms with Crippen molar-refractivity contribution < 1.29 is 0 Å². The number of nitrogens with zero attached hydrogens (tertiary/aromatic N) is 3. The molecule has 0 spiro atoms. The van der Waals surface area contributed by atoms with Crippen molar-refractivity contribution >= 4 is 0 Å². The third-order valence-electron chi connectivity index (χ3n) is 4.10. The first kappa shape index (κ1) is 13.6. The fraction of sp³-hybridized carbons (Fsp3) is 0.867. The molecule has 0 aliphatic heterocycles. The van der Waals surface area contributed by atoms with Crippen molar-refractivity contribution in [3.63, 3.8) is 0 Å². The van der Waals surface area contributed by atoms with Crippen LogP contribution in [-0.4, -0.2) is 14.8 Å². The molecule has 1 heterocycles. The standard InChI is InChI=1S/C15H27N3/c1-12(2)10-15(8-6-7-9-15)13-17-16-11-18(13)14(3,4)5/h11-12H,6-10H2,1-5H3. The van der Waals surface area contributed by atoms with Crippen molar-refractivity contribution in [1.82, 2.24) is 14.8 Å². The molecule has 1 aliphatic rings. The fourth-order valence-corrected chi connectivity index (χ4v) is 3.44. The Balaban J connectivity index is 2.41. The first-order valence-corrected chi connectivity index (χ1v) is 7.26. The molecule has 3 nitrogen and oxygen atoms in total. The molecular weight excluding hydrogens is 222 g/mol. The maximum absolute atomic E-state index is 4.50. The summed E-state index contributed by atoms with van der Waals surface area (Å²) in [6, 6.07) is 0. The highest BCUT2D eigenvalue weighted by Gasteiger charge is 2.41. The van der Waals surface area contributed by atoms with Gasteiger partial charge in [0, 0.05) is 11.0 Å². The smallest absolute Gasteiger partial charge is 0.139 e. The highest BCUT2D eigenvalue weighted by atomic mass is 15.3. The van der Waals surface area contributed by atoms with Gasteiger partial charge in [-0.1, -0.05) is 26.7 Å². The van der Waals surface area contributed by atoms with Gasteiger partial charge in [0.15, 0.2) is 0 Å². The van der Waals surface area contributed by atoms with Gasteiger partial charge in [-0.15, -0.1) is 10.2 Å². The Hall–Kier alpha value is -0.860.